The molecule has 3 aliphatic rings. The van der Waals surface area contributed by atoms with Gasteiger partial charge in [-0.25, -0.2) is 0 Å². The molecule has 0 saturated carbocycles. The minimum atomic E-state index is 0.582. The van der Waals surface area contributed by atoms with Crippen molar-refractivity contribution >= 4 is 16.9 Å². The highest BCUT2D eigenvalue weighted by atomic mass is 16.3. The first-order valence-corrected chi connectivity index (χ1v) is 9.08. The summed E-state index contributed by atoms with van der Waals surface area (Å²) in [5, 5.41) is 4.69. The molecule has 134 valence electrons. The van der Waals surface area contributed by atoms with Crippen LogP contribution in [0.2, 0.25) is 0 Å². The predicted molar refractivity (Wildman–Crippen MR) is 101 cm³/mol. The zero-order valence-electron chi connectivity index (χ0n) is 15.1. The van der Waals surface area contributed by atoms with Crippen molar-refractivity contribution in [3.63, 3.8) is 0 Å². The first kappa shape index (κ1) is 16.4. The molecule has 3 saturated heterocycles. The van der Waals surface area contributed by atoms with E-state index in [0.717, 1.165) is 35.8 Å². The second-order valence-electron chi connectivity index (χ2n) is 7.03. The van der Waals surface area contributed by atoms with Gasteiger partial charge in [-0.2, -0.15) is 0 Å². The molecule has 0 aliphatic carbocycles. The molecule has 4 heterocycles. The van der Waals surface area contributed by atoms with Crippen LogP contribution in [0.1, 0.15) is 5.76 Å². The van der Waals surface area contributed by atoms with Crippen LogP contribution >= 0.6 is 0 Å². The molecule has 0 spiro atoms. The third-order valence-electron chi connectivity index (χ3n) is 5.33. The number of para-hydroxylation sites is 1. The first-order chi connectivity index (χ1) is 12.2. The summed E-state index contributed by atoms with van der Waals surface area (Å²) in [5.41, 5.74) is 0.939. The van der Waals surface area contributed by atoms with Gasteiger partial charge in [-0.1, -0.05) is 18.2 Å². The summed E-state index contributed by atoms with van der Waals surface area (Å²) in [6.07, 6.45) is 0. The Bertz CT molecular complexity index is 714. The van der Waals surface area contributed by atoms with Crippen molar-refractivity contribution < 1.29 is 4.42 Å². The molecular formula is C19H27N5O. The van der Waals surface area contributed by atoms with Crippen LogP contribution in [0, 0.1) is 0 Å². The highest BCUT2D eigenvalue weighted by Crippen LogP contribution is 2.20. The quantitative estimate of drug-likeness (QED) is 0.674. The second kappa shape index (κ2) is 7.06. The van der Waals surface area contributed by atoms with Gasteiger partial charge in [0.1, 0.15) is 11.3 Å². The monoisotopic (exact) mass is 341 g/mol. The number of benzene rings is 1. The number of aliphatic imine (C=N–C) groups is 1. The van der Waals surface area contributed by atoms with Crippen LogP contribution in [0.25, 0.3) is 11.0 Å². The maximum absolute atomic E-state index is 5.93. The fourth-order valence-corrected chi connectivity index (χ4v) is 3.94. The predicted octanol–water partition coefficient (Wildman–Crippen LogP) is 1.44. The Morgan fingerprint density at radius 1 is 1.28 bits per heavy atom. The van der Waals surface area contributed by atoms with Crippen molar-refractivity contribution in [2.24, 2.45) is 4.99 Å². The number of fused-ring (bicyclic) bond motifs is 4. The van der Waals surface area contributed by atoms with E-state index in [-0.39, 0.29) is 0 Å². The standard InChI is InChI=1S/C19H27N5O/c1-20-19(21-12-16-13-23-7-9-24(16)10-8-23)22(2)14-17-11-15-5-3-4-6-18(15)25-17/h3-6,11,16H,7-10,12-14H2,1-2H3,(H,20,21). The molecule has 5 rings (SSSR count). The van der Waals surface area contributed by atoms with E-state index in [1.165, 1.54) is 26.2 Å². The van der Waals surface area contributed by atoms with E-state index in [1.807, 2.05) is 25.2 Å². The van der Waals surface area contributed by atoms with Gasteiger partial charge in [-0.05, 0) is 12.1 Å². The van der Waals surface area contributed by atoms with Gasteiger partial charge in [0.25, 0.3) is 0 Å². The Morgan fingerprint density at radius 3 is 2.76 bits per heavy atom. The van der Waals surface area contributed by atoms with Crippen LogP contribution in [0.4, 0.5) is 0 Å². The summed E-state index contributed by atoms with van der Waals surface area (Å²) in [5.74, 6) is 1.87. The molecule has 6 nitrogen and oxygen atoms in total. The van der Waals surface area contributed by atoms with Gasteiger partial charge in [-0.15, -0.1) is 0 Å². The van der Waals surface area contributed by atoms with Gasteiger partial charge in [0, 0.05) is 64.8 Å². The van der Waals surface area contributed by atoms with Gasteiger partial charge in [0.2, 0.25) is 0 Å². The lowest BCUT2D eigenvalue weighted by Crippen LogP contribution is -2.63. The molecule has 1 N–H and O–H groups in total. The third-order valence-corrected chi connectivity index (χ3v) is 5.33. The van der Waals surface area contributed by atoms with Gasteiger partial charge in [0.05, 0.1) is 6.54 Å². The van der Waals surface area contributed by atoms with Crippen LogP contribution in [-0.4, -0.2) is 80.1 Å². The van der Waals surface area contributed by atoms with Crippen molar-refractivity contribution in [1.29, 1.82) is 0 Å². The molecule has 25 heavy (non-hydrogen) atoms. The lowest BCUT2D eigenvalue weighted by atomic mass is 10.1. The van der Waals surface area contributed by atoms with Crippen LogP contribution < -0.4 is 5.32 Å². The van der Waals surface area contributed by atoms with Crippen molar-refractivity contribution in [2.75, 3.05) is 53.4 Å². The molecule has 2 bridgehead atoms. The average molecular weight is 341 g/mol. The second-order valence-corrected chi connectivity index (χ2v) is 7.03. The molecule has 1 unspecified atom stereocenters. The van der Waals surface area contributed by atoms with Crippen molar-refractivity contribution in [2.45, 2.75) is 12.6 Å². The topological polar surface area (TPSA) is 47.3 Å². The number of nitrogens with zero attached hydrogens (tertiary/aromatic N) is 4. The number of guanidine groups is 1. The van der Waals surface area contributed by atoms with Gasteiger partial charge >= 0.3 is 0 Å². The summed E-state index contributed by atoms with van der Waals surface area (Å²) >= 11 is 0. The SMILES string of the molecule is CN=C(NCC1CN2CCN1CC2)N(C)Cc1cc2ccccc2o1. The highest BCUT2D eigenvalue weighted by molar-refractivity contribution is 5.80. The number of nitrogens with one attached hydrogen (secondary N) is 1. The number of furan rings is 1. The van der Waals surface area contributed by atoms with E-state index >= 15 is 0 Å². The third kappa shape index (κ3) is 3.50. The van der Waals surface area contributed by atoms with Crippen LogP contribution in [-0.2, 0) is 6.54 Å². The summed E-state index contributed by atoms with van der Waals surface area (Å²) < 4.78 is 5.93. The Kier molecular flexibility index (Phi) is 4.63. The normalized spacial score (nSPS) is 26.2. The fraction of sp³-hybridized carbons (Fsp3) is 0.526. The maximum atomic E-state index is 5.93. The molecule has 0 radical (unpaired) electrons. The Labute approximate surface area is 149 Å². The van der Waals surface area contributed by atoms with E-state index in [0.29, 0.717) is 12.6 Å². The zero-order valence-corrected chi connectivity index (χ0v) is 15.1. The molecule has 3 fully saturated rings. The van der Waals surface area contributed by atoms with E-state index in [1.54, 1.807) is 0 Å². The zero-order chi connectivity index (χ0) is 17.2. The van der Waals surface area contributed by atoms with E-state index in [9.17, 15) is 0 Å². The number of hydrogen-bond donors (Lipinski definition) is 1. The van der Waals surface area contributed by atoms with Gasteiger partial charge in [-0.3, -0.25) is 14.8 Å². The van der Waals surface area contributed by atoms with Crippen molar-refractivity contribution in [3.8, 4) is 0 Å². The number of piperazine rings is 3. The molecular weight excluding hydrogens is 314 g/mol. The Hall–Kier alpha value is -2.05. The van der Waals surface area contributed by atoms with Crippen LogP contribution in [0.15, 0.2) is 39.7 Å². The van der Waals surface area contributed by atoms with Crippen LogP contribution in [0.3, 0.4) is 0 Å². The van der Waals surface area contributed by atoms with Crippen molar-refractivity contribution in [1.82, 2.24) is 20.0 Å². The lowest BCUT2D eigenvalue weighted by Gasteiger charge is -2.47. The largest absolute Gasteiger partial charge is 0.459 e. The maximum Gasteiger partial charge on any atom is 0.193 e. The average Bonchev–Trinajstić information content (AvgIpc) is 3.05. The molecule has 6 heteroatoms. The molecule has 1 aromatic carbocycles. The van der Waals surface area contributed by atoms with Gasteiger partial charge < -0.3 is 14.6 Å². The van der Waals surface area contributed by atoms with Crippen molar-refractivity contribution in [3.05, 3.63) is 36.1 Å². The molecule has 1 atom stereocenters. The minimum absolute atomic E-state index is 0.582. The molecule has 2 aromatic rings. The molecule has 1 aromatic heterocycles. The fourth-order valence-electron chi connectivity index (χ4n) is 3.94. The summed E-state index contributed by atoms with van der Waals surface area (Å²) in [7, 11) is 3.90. The van der Waals surface area contributed by atoms with Gasteiger partial charge in [0.15, 0.2) is 5.96 Å². The lowest BCUT2D eigenvalue weighted by molar-refractivity contribution is 0.0152. The molecule has 3 aliphatic heterocycles. The Morgan fingerprint density at radius 2 is 2.08 bits per heavy atom. The number of rotatable bonds is 4. The highest BCUT2D eigenvalue weighted by Gasteiger charge is 2.31. The number of hydrogen-bond acceptors (Lipinski definition) is 4. The minimum Gasteiger partial charge on any atom is -0.459 e. The van der Waals surface area contributed by atoms with E-state index in [2.05, 4.69) is 44.2 Å². The molecule has 0 amide bonds. The Balaban J connectivity index is 1.35. The summed E-state index contributed by atoms with van der Waals surface area (Å²) in [6, 6.07) is 10.8. The van der Waals surface area contributed by atoms with E-state index < -0.39 is 0 Å². The first-order valence-electron chi connectivity index (χ1n) is 9.08. The smallest absolute Gasteiger partial charge is 0.193 e. The van der Waals surface area contributed by atoms with E-state index in [4.69, 9.17) is 4.42 Å². The summed E-state index contributed by atoms with van der Waals surface area (Å²) in [4.78, 5) is 11.7. The van der Waals surface area contributed by atoms with Crippen LogP contribution in [0.5, 0.6) is 0 Å². The summed E-state index contributed by atoms with van der Waals surface area (Å²) in [6.45, 7) is 7.63.